The summed E-state index contributed by atoms with van der Waals surface area (Å²) in [6.07, 6.45) is 0.754. The molecule has 1 aromatic carbocycles. The van der Waals surface area contributed by atoms with Crippen molar-refractivity contribution in [1.29, 1.82) is 0 Å². The number of amides is 1. The van der Waals surface area contributed by atoms with E-state index in [9.17, 15) is 9.18 Å². The zero-order chi connectivity index (χ0) is 9.42. The number of fused-ring (bicyclic) bond motifs is 1. The molecule has 1 aliphatic rings. The predicted molar refractivity (Wildman–Crippen MR) is 48.1 cm³/mol. The smallest absolute Gasteiger partial charge is 0.231 e. The van der Waals surface area contributed by atoms with Crippen molar-refractivity contribution in [3.8, 4) is 0 Å². The van der Waals surface area contributed by atoms with Crippen molar-refractivity contribution in [2.75, 3.05) is 5.32 Å². The topological polar surface area (TPSA) is 29.1 Å². The molecular formula is C10H10FNO. The van der Waals surface area contributed by atoms with Crippen LogP contribution in [0.4, 0.5) is 10.1 Å². The molecule has 2 rings (SSSR count). The van der Waals surface area contributed by atoms with Crippen molar-refractivity contribution in [1.82, 2.24) is 0 Å². The van der Waals surface area contributed by atoms with E-state index in [0.717, 1.165) is 12.0 Å². The van der Waals surface area contributed by atoms with Gasteiger partial charge in [-0.05, 0) is 24.1 Å². The van der Waals surface area contributed by atoms with E-state index >= 15 is 0 Å². The summed E-state index contributed by atoms with van der Waals surface area (Å²) in [7, 11) is 0. The summed E-state index contributed by atoms with van der Waals surface area (Å²) in [4.78, 5) is 11.3. The van der Waals surface area contributed by atoms with Gasteiger partial charge in [-0.1, -0.05) is 13.0 Å². The van der Waals surface area contributed by atoms with Crippen LogP contribution in [0.5, 0.6) is 0 Å². The molecule has 3 heteroatoms. The highest BCUT2D eigenvalue weighted by Crippen LogP contribution is 2.34. The Balaban J connectivity index is 2.48. The molecule has 2 nitrogen and oxygen atoms in total. The van der Waals surface area contributed by atoms with Crippen LogP contribution in [0.1, 0.15) is 24.8 Å². The van der Waals surface area contributed by atoms with Gasteiger partial charge in [0.15, 0.2) is 0 Å². The lowest BCUT2D eigenvalue weighted by Gasteiger charge is -2.03. The Kier molecular flexibility index (Phi) is 1.79. The van der Waals surface area contributed by atoms with E-state index in [1.807, 2.05) is 6.92 Å². The Morgan fingerprint density at radius 2 is 2.31 bits per heavy atom. The Morgan fingerprint density at radius 3 is 3.00 bits per heavy atom. The molecule has 1 amide bonds. The summed E-state index contributed by atoms with van der Waals surface area (Å²) >= 11 is 0. The first-order chi connectivity index (χ1) is 6.22. The number of hydrogen-bond acceptors (Lipinski definition) is 1. The van der Waals surface area contributed by atoms with Crippen LogP contribution in [0, 0.1) is 5.82 Å². The number of carbonyl (C=O) groups excluding carboxylic acids is 1. The second kappa shape index (κ2) is 2.83. The lowest BCUT2D eigenvalue weighted by atomic mass is 9.98. The van der Waals surface area contributed by atoms with Crippen molar-refractivity contribution < 1.29 is 9.18 Å². The molecule has 0 saturated carbocycles. The summed E-state index contributed by atoms with van der Waals surface area (Å²) in [6, 6.07) is 4.43. The van der Waals surface area contributed by atoms with Crippen molar-refractivity contribution in [2.24, 2.45) is 0 Å². The Morgan fingerprint density at radius 1 is 1.54 bits per heavy atom. The van der Waals surface area contributed by atoms with E-state index < -0.39 is 0 Å². The van der Waals surface area contributed by atoms with Crippen LogP contribution in [-0.2, 0) is 4.79 Å². The number of hydrogen-bond donors (Lipinski definition) is 1. The van der Waals surface area contributed by atoms with E-state index in [4.69, 9.17) is 0 Å². The van der Waals surface area contributed by atoms with Crippen LogP contribution >= 0.6 is 0 Å². The number of benzene rings is 1. The highest BCUT2D eigenvalue weighted by atomic mass is 19.1. The third-order valence-corrected chi connectivity index (χ3v) is 2.37. The normalized spacial score (nSPS) is 19.8. The second-order valence-corrected chi connectivity index (χ2v) is 3.18. The minimum atomic E-state index is -0.309. The molecule has 0 bridgehead atoms. The number of carbonyl (C=O) groups is 1. The first-order valence-corrected chi connectivity index (χ1v) is 4.32. The maximum Gasteiger partial charge on any atom is 0.231 e. The van der Waals surface area contributed by atoms with E-state index in [-0.39, 0.29) is 17.6 Å². The molecule has 0 aromatic heterocycles. The fourth-order valence-electron chi connectivity index (χ4n) is 1.71. The number of rotatable bonds is 1. The molecule has 1 N–H and O–H groups in total. The average molecular weight is 179 g/mol. The predicted octanol–water partition coefficient (Wildman–Crippen LogP) is 2.27. The van der Waals surface area contributed by atoms with E-state index in [1.54, 1.807) is 6.07 Å². The first-order valence-electron chi connectivity index (χ1n) is 4.32. The number of halogens is 1. The zero-order valence-electron chi connectivity index (χ0n) is 7.30. The zero-order valence-corrected chi connectivity index (χ0v) is 7.30. The number of nitrogens with one attached hydrogen (secondary N) is 1. The molecule has 1 heterocycles. The summed E-state index contributed by atoms with van der Waals surface area (Å²) in [5.41, 5.74) is 1.53. The SMILES string of the molecule is CCC1C(=O)Nc2cc(F)ccc21. The molecule has 0 aliphatic carbocycles. The van der Waals surface area contributed by atoms with Crippen LogP contribution in [0.3, 0.4) is 0 Å². The molecule has 0 saturated heterocycles. The van der Waals surface area contributed by atoms with E-state index in [2.05, 4.69) is 5.32 Å². The van der Waals surface area contributed by atoms with Crippen LogP contribution < -0.4 is 5.32 Å². The summed E-state index contributed by atoms with van der Waals surface area (Å²) < 4.78 is 12.8. The van der Waals surface area contributed by atoms with Crippen molar-refractivity contribution in [3.63, 3.8) is 0 Å². The maximum absolute atomic E-state index is 12.8. The third kappa shape index (κ3) is 1.20. The highest BCUT2D eigenvalue weighted by molar-refractivity contribution is 6.02. The van der Waals surface area contributed by atoms with Crippen LogP contribution in [0.2, 0.25) is 0 Å². The van der Waals surface area contributed by atoms with Crippen LogP contribution in [-0.4, -0.2) is 5.91 Å². The van der Waals surface area contributed by atoms with Gasteiger partial charge in [-0.2, -0.15) is 0 Å². The summed E-state index contributed by atoms with van der Waals surface area (Å²) in [5.74, 6) is -0.436. The quantitative estimate of drug-likeness (QED) is 0.704. The van der Waals surface area contributed by atoms with Gasteiger partial charge in [0.2, 0.25) is 5.91 Å². The molecule has 1 unspecified atom stereocenters. The van der Waals surface area contributed by atoms with Crippen LogP contribution in [0.15, 0.2) is 18.2 Å². The van der Waals surface area contributed by atoms with Gasteiger partial charge >= 0.3 is 0 Å². The Labute approximate surface area is 75.8 Å². The van der Waals surface area contributed by atoms with Gasteiger partial charge in [-0.15, -0.1) is 0 Å². The van der Waals surface area contributed by atoms with Gasteiger partial charge in [0.25, 0.3) is 0 Å². The van der Waals surface area contributed by atoms with Crippen LogP contribution in [0.25, 0.3) is 0 Å². The molecule has 1 aromatic rings. The van der Waals surface area contributed by atoms with Gasteiger partial charge in [0.05, 0.1) is 5.92 Å². The van der Waals surface area contributed by atoms with Gasteiger partial charge in [0.1, 0.15) is 5.82 Å². The molecule has 0 spiro atoms. The largest absolute Gasteiger partial charge is 0.325 e. The second-order valence-electron chi connectivity index (χ2n) is 3.18. The molecule has 0 fully saturated rings. The molecule has 13 heavy (non-hydrogen) atoms. The Hall–Kier alpha value is -1.38. The summed E-state index contributed by atoms with van der Waals surface area (Å²) in [6.45, 7) is 1.95. The molecule has 1 aliphatic heterocycles. The fraction of sp³-hybridized carbons (Fsp3) is 0.300. The fourth-order valence-corrected chi connectivity index (χ4v) is 1.71. The lowest BCUT2D eigenvalue weighted by molar-refractivity contribution is -0.117. The van der Waals surface area contributed by atoms with Gasteiger partial charge in [0, 0.05) is 5.69 Å². The van der Waals surface area contributed by atoms with Crippen molar-refractivity contribution >= 4 is 11.6 Å². The lowest BCUT2D eigenvalue weighted by Crippen LogP contribution is -2.10. The van der Waals surface area contributed by atoms with E-state index in [0.29, 0.717) is 5.69 Å². The van der Waals surface area contributed by atoms with Crippen molar-refractivity contribution in [3.05, 3.63) is 29.6 Å². The Bertz CT molecular complexity index is 362. The molecule has 1 atom stereocenters. The monoisotopic (exact) mass is 179 g/mol. The van der Waals surface area contributed by atoms with Crippen molar-refractivity contribution in [2.45, 2.75) is 19.3 Å². The average Bonchev–Trinajstić information content (AvgIpc) is 2.39. The minimum Gasteiger partial charge on any atom is -0.325 e. The van der Waals surface area contributed by atoms with Gasteiger partial charge in [-0.25, -0.2) is 4.39 Å². The first kappa shape index (κ1) is 8.23. The van der Waals surface area contributed by atoms with Gasteiger partial charge < -0.3 is 5.32 Å². The van der Waals surface area contributed by atoms with E-state index in [1.165, 1.54) is 12.1 Å². The summed E-state index contributed by atoms with van der Waals surface area (Å²) in [5, 5.41) is 2.66. The highest BCUT2D eigenvalue weighted by Gasteiger charge is 2.28. The molecular weight excluding hydrogens is 169 g/mol. The minimum absolute atomic E-state index is 0.0249. The maximum atomic E-state index is 12.8. The molecule has 0 radical (unpaired) electrons. The third-order valence-electron chi connectivity index (χ3n) is 2.37. The standard InChI is InChI=1S/C10H10FNO/c1-2-7-8-4-3-6(11)5-9(8)12-10(7)13/h3-5,7H,2H2,1H3,(H,12,13). The van der Waals surface area contributed by atoms with Gasteiger partial charge in [-0.3, -0.25) is 4.79 Å². The number of anilines is 1. The molecule has 68 valence electrons.